The number of hydrogen-bond donors (Lipinski definition) is 1. The molecule has 1 heterocycles. The number of carbonyl (C=O) groups is 1. The van der Waals surface area contributed by atoms with Crippen molar-refractivity contribution in [2.24, 2.45) is 0 Å². The normalized spacial score (nSPS) is 10.5. The lowest BCUT2D eigenvalue weighted by Gasteiger charge is -2.03. The smallest absolute Gasteiger partial charge is 0.336 e. The second kappa shape index (κ2) is 4.23. The second-order valence-corrected chi connectivity index (χ2v) is 3.63. The van der Waals surface area contributed by atoms with E-state index in [0.29, 0.717) is 5.56 Å². The molecule has 0 fully saturated rings. The highest BCUT2D eigenvalue weighted by Gasteiger charge is 2.09. The van der Waals surface area contributed by atoms with Gasteiger partial charge in [0.1, 0.15) is 0 Å². The van der Waals surface area contributed by atoms with E-state index in [4.69, 9.17) is 5.11 Å². The number of allylic oxidation sites excluding steroid dienone is 1. The van der Waals surface area contributed by atoms with Gasteiger partial charge < -0.3 is 9.67 Å². The summed E-state index contributed by atoms with van der Waals surface area (Å²) < 4.78 is 2.05. The molecule has 0 unspecified atom stereocenters. The van der Waals surface area contributed by atoms with Crippen LogP contribution < -0.4 is 0 Å². The summed E-state index contributed by atoms with van der Waals surface area (Å²) >= 11 is 0. The van der Waals surface area contributed by atoms with Crippen LogP contribution in [0.2, 0.25) is 0 Å². The van der Waals surface area contributed by atoms with Crippen molar-refractivity contribution < 1.29 is 9.90 Å². The fourth-order valence-electron chi connectivity index (χ4n) is 1.84. The van der Waals surface area contributed by atoms with Gasteiger partial charge in [0.15, 0.2) is 0 Å². The number of benzene rings is 1. The zero-order valence-corrected chi connectivity index (χ0v) is 8.89. The van der Waals surface area contributed by atoms with E-state index in [1.807, 2.05) is 29.0 Å². The first kappa shape index (κ1) is 10.5. The molecule has 82 valence electrons. The third-order valence-corrected chi connectivity index (χ3v) is 2.62. The Morgan fingerprint density at radius 3 is 2.94 bits per heavy atom. The van der Waals surface area contributed by atoms with Crippen molar-refractivity contribution in [2.45, 2.75) is 13.0 Å². The molecule has 1 N–H and O–H groups in total. The highest BCUT2D eigenvalue weighted by atomic mass is 16.4. The first-order chi connectivity index (χ1) is 7.74. The van der Waals surface area contributed by atoms with Gasteiger partial charge in [-0.3, -0.25) is 0 Å². The first-order valence-electron chi connectivity index (χ1n) is 5.16. The standard InChI is InChI=1S/C13H13NO2/c1-2-3-8-14-9-7-10-11(13(15)16)5-4-6-12(10)14/h2,4-7,9H,1,3,8H2,(H,15,16). The minimum absolute atomic E-state index is 0.356. The van der Waals surface area contributed by atoms with Crippen LogP contribution in [-0.2, 0) is 6.54 Å². The van der Waals surface area contributed by atoms with Gasteiger partial charge in [0.05, 0.1) is 5.56 Å². The highest BCUT2D eigenvalue weighted by Crippen LogP contribution is 2.20. The van der Waals surface area contributed by atoms with Crippen LogP contribution in [0.4, 0.5) is 0 Å². The lowest BCUT2D eigenvalue weighted by atomic mass is 10.1. The van der Waals surface area contributed by atoms with Crippen molar-refractivity contribution in [1.29, 1.82) is 0 Å². The maximum Gasteiger partial charge on any atom is 0.336 e. The van der Waals surface area contributed by atoms with Gasteiger partial charge in [-0.25, -0.2) is 4.79 Å². The number of aromatic nitrogens is 1. The summed E-state index contributed by atoms with van der Waals surface area (Å²) in [6, 6.07) is 7.19. The Kier molecular flexibility index (Phi) is 2.77. The average Bonchev–Trinajstić information content (AvgIpc) is 2.69. The zero-order chi connectivity index (χ0) is 11.5. The molecule has 0 bridgehead atoms. The Morgan fingerprint density at radius 1 is 1.44 bits per heavy atom. The number of rotatable bonds is 4. The Balaban J connectivity index is 2.52. The van der Waals surface area contributed by atoms with Gasteiger partial charge >= 0.3 is 5.97 Å². The van der Waals surface area contributed by atoms with E-state index in [-0.39, 0.29) is 0 Å². The van der Waals surface area contributed by atoms with Crippen LogP contribution >= 0.6 is 0 Å². The van der Waals surface area contributed by atoms with E-state index in [1.54, 1.807) is 12.1 Å². The molecule has 3 nitrogen and oxygen atoms in total. The number of aryl methyl sites for hydroxylation is 1. The summed E-state index contributed by atoms with van der Waals surface area (Å²) in [5, 5.41) is 9.83. The molecular formula is C13H13NO2. The van der Waals surface area contributed by atoms with Gasteiger partial charge in [0.25, 0.3) is 0 Å². The molecular weight excluding hydrogens is 202 g/mol. The van der Waals surface area contributed by atoms with E-state index in [1.165, 1.54) is 0 Å². The lowest BCUT2D eigenvalue weighted by molar-refractivity contribution is 0.0699. The molecule has 0 aliphatic carbocycles. The van der Waals surface area contributed by atoms with E-state index < -0.39 is 5.97 Å². The molecule has 0 aliphatic rings. The molecule has 1 aromatic heterocycles. The van der Waals surface area contributed by atoms with E-state index in [9.17, 15) is 4.79 Å². The molecule has 16 heavy (non-hydrogen) atoms. The number of fused-ring (bicyclic) bond motifs is 1. The summed E-state index contributed by atoms with van der Waals surface area (Å²) in [7, 11) is 0. The molecule has 0 radical (unpaired) electrons. The first-order valence-corrected chi connectivity index (χ1v) is 5.16. The lowest BCUT2D eigenvalue weighted by Crippen LogP contribution is -1.98. The average molecular weight is 215 g/mol. The molecule has 2 rings (SSSR count). The maximum absolute atomic E-state index is 11.0. The zero-order valence-electron chi connectivity index (χ0n) is 8.89. The van der Waals surface area contributed by atoms with Gasteiger partial charge in [-0.2, -0.15) is 0 Å². The third kappa shape index (κ3) is 1.72. The molecule has 0 saturated heterocycles. The molecule has 0 saturated carbocycles. The van der Waals surface area contributed by atoms with Crippen molar-refractivity contribution in [3.05, 3.63) is 48.7 Å². The molecule has 2 aromatic rings. The van der Waals surface area contributed by atoms with Crippen LogP contribution in [0.15, 0.2) is 43.1 Å². The highest BCUT2D eigenvalue weighted by molar-refractivity contribution is 6.02. The van der Waals surface area contributed by atoms with Crippen LogP contribution in [0, 0.1) is 0 Å². The minimum Gasteiger partial charge on any atom is -0.478 e. The summed E-state index contributed by atoms with van der Waals surface area (Å²) in [5.74, 6) is -0.882. The Morgan fingerprint density at radius 2 is 2.25 bits per heavy atom. The molecule has 0 amide bonds. The van der Waals surface area contributed by atoms with Crippen LogP contribution in [-0.4, -0.2) is 15.6 Å². The van der Waals surface area contributed by atoms with Gasteiger partial charge in [-0.05, 0) is 24.6 Å². The summed E-state index contributed by atoms with van der Waals surface area (Å²) in [5.41, 5.74) is 1.32. The Hall–Kier alpha value is -2.03. The Bertz CT molecular complexity index is 540. The number of carboxylic acid groups (broad SMARTS) is 1. The van der Waals surface area contributed by atoms with Crippen molar-refractivity contribution in [3.63, 3.8) is 0 Å². The van der Waals surface area contributed by atoms with Crippen molar-refractivity contribution in [3.8, 4) is 0 Å². The monoisotopic (exact) mass is 215 g/mol. The van der Waals surface area contributed by atoms with Crippen LogP contribution in [0.3, 0.4) is 0 Å². The van der Waals surface area contributed by atoms with Crippen LogP contribution in [0.5, 0.6) is 0 Å². The van der Waals surface area contributed by atoms with Gasteiger partial charge in [-0.15, -0.1) is 6.58 Å². The summed E-state index contributed by atoms with van der Waals surface area (Å²) in [6.45, 7) is 4.51. The predicted molar refractivity (Wildman–Crippen MR) is 63.7 cm³/mol. The fourth-order valence-corrected chi connectivity index (χ4v) is 1.84. The number of carboxylic acids is 1. The number of aromatic carboxylic acids is 1. The van der Waals surface area contributed by atoms with E-state index >= 15 is 0 Å². The fraction of sp³-hybridized carbons (Fsp3) is 0.154. The van der Waals surface area contributed by atoms with E-state index in [2.05, 4.69) is 6.58 Å². The maximum atomic E-state index is 11.0. The molecule has 3 heteroatoms. The summed E-state index contributed by atoms with van der Waals surface area (Å²) in [4.78, 5) is 11.0. The van der Waals surface area contributed by atoms with Crippen molar-refractivity contribution in [1.82, 2.24) is 4.57 Å². The SMILES string of the molecule is C=CCCn1ccc2c(C(=O)O)cccc21. The van der Waals surface area contributed by atoms with Crippen LogP contribution in [0.1, 0.15) is 16.8 Å². The molecule has 0 spiro atoms. The van der Waals surface area contributed by atoms with Crippen molar-refractivity contribution in [2.75, 3.05) is 0 Å². The van der Waals surface area contributed by atoms with Gasteiger partial charge in [0, 0.05) is 23.6 Å². The molecule has 0 atom stereocenters. The number of nitrogens with zero attached hydrogens (tertiary/aromatic N) is 1. The van der Waals surface area contributed by atoms with Gasteiger partial charge in [-0.1, -0.05) is 12.1 Å². The second-order valence-electron chi connectivity index (χ2n) is 3.63. The minimum atomic E-state index is -0.882. The molecule has 0 aliphatic heterocycles. The predicted octanol–water partition coefficient (Wildman–Crippen LogP) is 2.92. The number of hydrogen-bond acceptors (Lipinski definition) is 1. The van der Waals surface area contributed by atoms with E-state index in [0.717, 1.165) is 23.9 Å². The largest absolute Gasteiger partial charge is 0.478 e. The summed E-state index contributed by atoms with van der Waals surface area (Å²) in [6.07, 6.45) is 4.65. The van der Waals surface area contributed by atoms with Crippen molar-refractivity contribution >= 4 is 16.9 Å². The van der Waals surface area contributed by atoms with Crippen LogP contribution in [0.25, 0.3) is 10.9 Å². The quantitative estimate of drug-likeness (QED) is 0.797. The molecule has 1 aromatic carbocycles. The Labute approximate surface area is 93.6 Å². The van der Waals surface area contributed by atoms with Gasteiger partial charge in [0.2, 0.25) is 0 Å². The third-order valence-electron chi connectivity index (χ3n) is 2.62. The topological polar surface area (TPSA) is 42.2 Å².